The van der Waals surface area contributed by atoms with E-state index >= 15 is 0 Å². The summed E-state index contributed by atoms with van der Waals surface area (Å²) in [6.07, 6.45) is -0.501. The minimum absolute atomic E-state index is 0.0620. The Morgan fingerprint density at radius 3 is 2.07 bits per heavy atom. The van der Waals surface area contributed by atoms with Crippen LogP contribution in [0.1, 0.15) is 26.2 Å². The highest BCUT2D eigenvalue weighted by molar-refractivity contribution is 7.80. The number of rotatable bonds is 7. The lowest BCUT2D eigenvalue weighted by Crippen LogP contribution is -2.41. The Morgan fingerprint density at radius 1 is 1.27 bits per heavy atom. The van der Waals surface area contributed by atoms with Crippen LogP contribution in [0.4, 0.5) is 0 Å². The number of thiol groups is 1. The second-order valence-corrected chi connectivity index (χ2v) is 3.53. The molecule has 0 spiro atoms. The van der Waals surface area contributed by atoms with Crippen molar-refractivity contribution in [3.8, 4) is 0 Å². The molecule has 0 amide bonds. The number of carbonyl (C=O) groups is 3. The van der Waals surface area contributed by atoms with Gasteiger partial charge in [0.1, 0.15) is 5.41 Å². The van der Waals surface area contributed by atoms with Gasteiger partial charge in [-0.05, 0) is 6.42 Å². The molecule has 0 aliphatic carbocycles. The molecule has 6 heteroatoms. The quantitative estimate of drug-likeness (QED) is 0.448. The molecule has 2 N–H and O–H groups in total. The van der Waals surface area contributed by atoms with Crippen molar-refractivity contribution in [2.75, 3.05) is 5.75 Å². The average Bonchev–Trinajstić information content (AvgIpc) is 2.18. The van der Waals surface area contributed by atoms with E-state index in [0.29, 0.717) is 0 Å². The van der Waals surface area contributed by atoms with Gasteiger partial charge in [0, 0.05) is 18.6 Å². The van der Waals surface area contributed by atoms with Crippen LogP contribution in [0.15, 0.2) is 0 Å². The minimum Gasteiger partial charge on any atom is -0.481 e. The molecule has 0 fully saturated rings. The van der Waals surface area contributed by atoms with Gasteiger partial charge in [-0.2, -0.15) is 12.6 Å². The molecule has 5 nitrogen and oxygen atoms in total. The van der Waals surface area contributed by atoms with Crippen LogP contribution in [0, 0.1) is 5.41 Å². The number of hydrogen-bond donors (Lipinski definition) is 3. The largest absolute Gasteiger partial charge is 0.481 e. The topological polar surface area (TPSA) is 91.7 Å². The van der Waals surface area contributed by atoms with E-state index in [-0.39, 0.29) is 25.0 Å². The maximum Gasteiger partial charge on any atom is 0.318 e. The second-order valence-electron chi connectivity index (χ2n) is 3.22. The second kappa shape index (κ2) is 5.75. The number of carboxylic acid groups (broad SMARTS) is 2. The monoisotopic (exact) mass is 234 g/mol. The number of aliphatic carboxylic acids is 2. The van der Waals surface area contributed by atoms with E-state index in [1.165, 1.54) is 0 Å². The summed E-state index contributed by atoms with van der Waals surface area (Å²) in [7, 11) is 0. The van der Waals surface area contributed by atoms with Gasteiger partial charge in [0.05, 0.1) is 0 Å². The Kier molecular flexibility index (Phi) is 5.35. The van der Waals surface area contributed by atoms with Crippen LogP contribution in [0.25, 0.3) is 0 Å². The molecule has 0 heterocycles. The van der Waals surface area contributed by atoms with Gasteiger partial charge in [0.2, 0.25) is 0 Å². The number of ketones is 1. The molecule has 0 saturated carbocycles. The summed E-state index contributed by atoms with van der Waals surface area (Å²) in [6, 6.07) is 0. The van der Waals surface area contributed by atoms with Crippen LogP contribution in [-0.4, -0.2) is 33.7 Å². The smallest absolute Gasteiger partial charge is 0.318 e. The summed E-state index contributed by atoms with van der Waals surface area (Å²) in [4.78, 5) is 32.9. The number of Topliss-reactive ketones (excluding diaryl/α,β-unsaturated/α-hetero) is 1. The van der Waals surface area contributed by atoms with Gasteiger partial charge in [-0.15, -0.1) is 0 Å². The van der Waals surface area contributed by atoms with Gasteiger partial charge < -0.3 is 10.2 Å². The summed E-state index contributed by atoms with van der Waals surface area (Å²) < 4.78 is 0. The first-order chi connectivity index (χ1) is 6.90. The molecule has 0 aromatic carbocycles. The Balaban J connectivity index is 4.90. The molecule has 0 aliphatic rings. The molecule has 1 atom stereocenters. The van der Waals surface area contributed by atoms with E-state index in [1.807, 2.05) is 0 Å². The molecule has 0 aromatic rings. The zero-order valence-corrected chi connectivity index (χ0v) is 9.29. The fourth-order valence-corrected chi connectivity index (χ4v) is 1.73. The Morgan fingerprint density at radius 2 is 1.80 bits per heavy atom. The van der Waals surface area contributed by atoms with Crippen LogP contribution in [0.3, 0.4) is 0 Å². The van der Waals surface area contributed by atoms with Crippen molar-refractivity contribution in [3.63, 3.8) is 0 Å². The molecule has 0 aromatic heterocycles. The molecule has 0 aliphatic heterocycles. The van der Waals surface area contributed by atoms with Gasteiger partial charge in [-0.1, -0.05) is 6.92 Å². The van der Waals surface area contributed by atoms with E-state index in [2.05, 4.69) is 12.6 Å². The Labute approximate surface area is 92.9 Å². The first kappa shape index (κ1) is 14.0. The zero-order valence-electron chi connectivity index (χ0n) is 8.39. The van der Waals surface area contributed by atoms with Crippen molar-refractivity contribution >= 4 is 30.4 Å². The highest BCUT2D eigenvalue weighted by Crippen LogP contribution is 2.28. The lowest BCUT2D eigenvalue weighted by Gasteiger charge is -2.24. The van der Waals surface area contributed by atoms with E-state index in [4.69, 9.17) is 10.2 Å². The van der Waals surface area contributed by atoms with E-state index in [1.54, 1.807) is 6.92 Å². The maximum atomic E-state index is 11.5. The van der Waals surface area contributed by atoms with Crippen molar-refractivity contribution in [2.24, 2.45) is 5.41 Å². The first-order valence-corrected chi connectivity index (χ1v) is 5.13. The Hall–Kier alpha value is -1.04. The third kappa shape index (κ3) is 3.23. The lowest BCUT2D eigenvalue weighted by molar-refractivity contribution is -0.154. The van der Waals surface area contributed by atoms with Gasteiger partial charge in [0.15, 0.2) is 5.78 Å². The first-order valence-electron chi connectivity index (χ1n) is 4.50. The predicted molar refractivity (Wildman–Crippen MR) is 56.1 cm³/mol. The summed E-state index contributed by atoms with van der Waals surface area (Å²) >= 11 is 3.84. The number of carbonyl (C=O) groups excluding carboxylic acids is 1. The third-order valence-electron chi connectivity index (χ3n) is 2.30. The summed E-state index contributed by atoms with van der Waals surface area (Å²) in [5, 5.41) is 17.5. The van der Waals surface area contributed by atoms with Crippen molar-refractivity contribution in [1.82, 2.24) is 0 Å². The zero-order chi connectivity index (χ0) is 12.1. The van der Waals surface area contributed by atoms with E-state index in [0.717, 1.165) is 0 Å². The molecule has 0 radical (unpaired) electrons. The molecule has 0 rings (SSSR count). The fraction of sp³-hybridized carbons (Fsp3) is 0.667. The van der Waals surface area contributed by atoms with Crippen molar-refractivity contribution < 1.29 is 24.6 Å². The van der Waals surface area contributed by atoms with Crippen LogP contribution in [0.2, 0.25) is 0 Å². The number of carboxylic acids is 2. The SMILES string of the molecule is CCC(=O)[C@@](CS)(CCC(=O)O)C(=O)O. The minimum atomic E-state index is -1.66. The van der Waals surface area contributed by atoms with Gasteiger partial charge >= 0.3 is 11.9 Å². The van der Waals surface area contributed by atoms with Crippen molar-refractivity contribution in [1.29, 1.82) is 0 Å². The average molecular weight is 234 g/mol. The molecular weight excluding hydrogens is 220 g/mol. The van der Waals surface area contributed by atoms with Crippen molar-refractivity contribution in [2.45, 2.75) is 26.2 Å². The van der Waals surface area contributed by atoms with Gasteiger partial charge in [0.25, 0.3) is 0 Å². The van der Waals surface area contributed by atoms with E-state index < -0.39 is 23.1 Å². The normalized spacial score (nSPS) is 14.3. The van der Waals surface area contributed by atoms with Crippen LogP contribution in [-0.2, 0) is 14.4 Å². The van der Waals surface area contributed by atoms with Crippen molar-refractivity contribution in [3.05, 3.63) is 0 Å². The van der Waals surface area contributed by atoms with Gasteiger partial charge in [-0.3, -0.25) is 14.4 Å². The molecular formula is C9H14O5S. The predicted octanol–water partition coefficient (Wildman–Crippen LogP) is 0.831. The maximum absolute atomic E-state index is 11.5. The molecule has 0 bridgehead atoms. The Bertz CT molecular complexity index is 276. The summed E-state index contributed by atoms with van der Waals surface area (Å²) in [6.45, 7) is 1.55. The van der Waals surface area contributed by atoms with Gasteiger partial charge in [-0.25, -0.2) is 0 Å². The summed E-state index contributed by atoms with van der Waals surface area (Å²) in [5.41, 5.74) is -1.66. The van der Waals surface area contributed by atoms with Crippen LogP contribution in [0.5, 0.6) is 0 Å². The number of hydrogen-bond acceptors (Lipinski definition) is 4. The van der Waals surface area contributed by atoms with Crippen LogP contribution >= 0.6 is 12.6 Å². The molecule has 86 valence electrons. The molecule has 0 saturated heterocycles. The highest BCUT2D eigenvalue weighted by atomic mass is 32.1. The fourth-order valence-electron chi connectivity index (χ4n) is 1.26. The lowest BCUT2D eigenvalue weighted by atomic mass is 9.80. The molecule has 15 heavy (non-hydrogen) atoms. The van der Waals surface area contributed by atoms with E-state index in [9.17, 15) is 14.4 Å². The van der Waals surface area contributed by atoms with Crippen LogP contribution < -0.4 is 0 Å². The third-order valence-corrected chi connectivity index (χ3v) is 2.84. The summed E-state index contributed by atoms with van der Waals surface area (Å²) in [5.74, 6) is -3.08. The standard InChI is InChI=1S/C9H14O5S/c1-2-6(10)9(5-15,8(13)14)4-3-7(11)12/h15H,2-5H2,1H3,(H,11,12)(H,13,14)/t9-/m0/s1. The molecule has 0 unspecified atom stereocenters. The highest BCUT2D eigenvalue weighted by Gasteiger charge is 2.43.